The predicted octanol–water partition coefficient (Wildman–Crippen LogP) is 4.99. The van der Waals surface area contributed by atoms with E-state index < -0.39 is 0 Å². The van der Waals surface area contributed by atoms with Gasteiger partial charge in [-0.1, -0.05) is 58.8 Å². The van der Waals surface area contributed by atoms with E-state index in [1.807, 2.05) is 5.92 Å². The summed E-state index contributed by atoms with van der Waals surface area (Å²) in [6, 6.07) is 0. The molecule has 0 bridgehead atoms. The molecule has 2 aliphatic rings. The molecule has 87 valence electrons. The van der Waals surface area contributed by atoms with Gasteiger partial charge in [0, 0.05) is 0 Å². The highest BCUT2D eigenvalue weighted by Crippen LogP contribution is 2.46. The van der Waals surface area contributed by atoms with Crippen molar-refractivity contribution in [2.24, 2.45) is 17.8 Å². The molecule has 0 aliphatic heterocycles. The summed E-state index contributed by atoms with van der Waals surface area (Å²) < 4.78 is 0. The minimum Gasteiger partial charge on any atom is -0.0651 e. The van der Waals surface area contributed by atoms with Gasteiger partial charge in [-0.15, -0.1) is 0 Å². The summed E-state index contributed by atoms with van der Waals surface area (Å²) in [4.78, 5) is 0. The highest BCUT2D eigenvalue weighted by molar-refractivity contribution is 5.05. The van der Waals surface area contributed by atoms with Gasteiger partial charge in [-0.2, -0.15) is 0 Å². The fourth-order valence-corrected chi connectivity index (χ4v) is 3.84. The molecule has 0 N–H and O–H groups in total. The van der Waals surface area contributed by atoms with E-state index in [4.69, 9.17) is 0 Å². The second kappa shape index (κ2) is 5.37. The minimum absolute atomic E-state index is 0.899. The van der Waals surface area contributed by atoms with Gasteiger partial charge in [0.25, 0.3) is 0 Å². The van der Waals surface area contributed by atoms with Crippen molar-refractivity contribution in [1.29, 1.82) is 0 Å². The number of hydrogen-bond acceptors (Lipinski definition) is 0. The Bertz CT molecular complexity index is 178. The first-order valence-electron chi connectivity index (χ1n) is 7.18. The lowest BCUT2D eigenvalue weighted by Crippen LogP contribution is -2.28. The molecule has 0 aromatic heterocycles. The maximum Gasteiger partial charge on any atom is -0.0179 e. The third-order valence-corrected chi connectivity index (χ3v) is 4.92. The van der Waals surface area contributed by atoms with Gasteiger partial charge in [0.1, 0.15) is 0 Å². The van der Waals surface area contributed by atoms with Crippen molar-refractivity contribution < 1.29 is 0 Å². The van der Waals surface area contributed by atoms with Crippen molar-refractivity contribution in [2.45, 2.75) is 71.6 Å². The van der Waals surface area contributed by atoms with E-state index in [0.717, 1.165) is 17.8 Å². The molecule has 2 aliphatic carbocycles. The largest absolute Gasteiger partial charge is 0.0651 e. The lowest BCUT2D eigenvalue weighted by molar-refractivity contribution is 0.241. The zero-order valence-corrected chi connectivity index (χ0v) is 10.6. The molecule has 0 aromatic carbocycles. The van der Waals surface area contributed by atoms with Crippen molar-refractivity contribution in [3.63, 3.8) is 0 Å². The van der Waals surface area contributed by atoms with Gasteiger partial charge in [-0.05, 0) is 36.5 Å². The minimum atomic E-state index is 0.899. The highest BCUT2D eigenvalue weighted by Gasteiger charge is 2.35. The molecular formula is C15H27. The van der Waals surface area contributed by atoms with Gasteiger partial charge >= 0.3 is 0 Å². The number of rotatable bonds is 3. The van der Waals surface area contributed by atoms with Crippen molar-refractivity contribution in [3.8, 4) is 0 Å². The Kier molecular flexibility index (Phi) is 4.11. The smallest absolute Gasteiger partial charge is 0.0179 e. The average Bonchev–Trinajstić information content (AvgIpc) is 2.81. The first-order valence-corrected chi connectivity index (χ1v) is 7.18. The van der Waals surface area contributed by atoms with E-state index in [0.29, 0.717) is 0 Å². The fourth-order valence-electron chi connectivity index (χ4n) is 3.84. The molecule has 0 nitrogen and oxygen atoms in total. The first kappa shape index (κ1) is 11.5. The second-order valence-corrected chi connectivity index (χ2v) is 5.78. The molecule has 2 saturated carbocycles. The van der Waals surface area contributed by atoms with Crippen LogP contribution in [0.25, 0.3) is 0 Å². The van der Waals surface area contributed by atoms with Crippen LogP contribution in [-0.4, -0.2) is 0 Å². The summed E-state index contributed by atoms with van der Waals surface area (Å²) in [5, 5.41) is 0. The predicted molar refractivity (Wildman–Crippen MR) is 66.6 cm³/mol. The normalized spacial score (nSPS) is 32.0. The molecule has 15 heavy (non-hydrogen) atoms. The van der Waals surface area contributed by atoms with E-state index in [9.17, 15) is 0 Å². The Balaban J connectivity index is 1.98. The summed E-state index contributed by atoms with van der Waals surface area (Å²) in [5.74, 6) is 4.96. The molecule has 0 heteroatoms. The van der Waals surface area contributed by atoms with Crippen LogP contribution in [0.5, 0.6) is 0 Å². The Hall–Kier alpha value is 0. The van der Waals surface area contributed by atoms with Crippen LogP contribution in [0.4, 0.5) is 0 Å². The first-order chi connectivity index (χ1) is 7.33. The van der Waals surface area contributed by atoms with Crippen molar-refractivity contribution in [3.05, 3.63) is 5.92 Å². The fraction of sp³-hybridized carbons (Fsp3) is 0.933. The molecule has 0 aromatic rings. The standard InChI is InChI=1S/C15H27/c1-3-12(2)14-10-6-7-11-15(14)13-8-4-5-9-13/h12-13,15H,3-11H2,1-2H3. The van der Waals surface area contributed by atoms with Gasteiger partial charge in [-0.3, -0.25) is 0 Å². The van der Waals surface area contributed by atoms with Crippen LogP contribution in [-0.2, 0) is 0 Å². The Morgan fingerprint density at radius 2 is 1.73 bits per heavy atom. The van der Waals surface area contributed by atoms with Crippen LogP contribution in [0.15, 0.2) is 0 Å². The SMILES string of the molecule is CCC(C)[C]1CCCCC1C1CCCC1. The van der Waals surface area contributed by atoms with Crippen molar-refractivity contribution in [2.75, 3.05) is 0 Å². The maximum absolute atomic E-state index is 2.46. The molecule has 2 unspecified atom stereocenters. The summed E-state index contributed by atoms with van der Waals surface area (Å²) in [5.41, 5.74) is 0. The van der Waals surface area contributed by atoms with Gasteiger partial charge in [0.05, 0.1) is 0 Å². The molecule has 2 rings (SSSR count). The molecule has 2 atom stereocenters. The van der Waals surface area contributed by atoms with Gasteiger partial charge in [-0.25, -0.2) is 0 Å². The third-order valence-electron chi connectivity index (χ3n) is 4.92. The van der Waals surface area contributed by atoms with Crippen LogP contribution in [0.2, 0.25) is 0 Å². The lowest BCUT2D eigenvalue weighted by Gasteiger charge is -2.38. The topological polar surface area (TPSA) is 0 Å². The summed E-state index contributed by atoms with van der Waals surface area (Å²) in [7, 11) is 0. The highest BCUT2D eigenvalue weighted by atomic mass is 14.4. The average molecular weight is 207 g/mol. The van der Waals surface area contributed by atoms with Crippen LogP contribution in [0.1, 0.15) is 71.6 Å². The van der Waals surface area contributed by atoms with Gasteiger partial charge in [0.15, 0.2) is 0 Å². The Morgan fingerprint density at radius 1 is 1.07 bits per heavy atom. The molecular weight excluding hydrogens is 180 g/mol. The van der Waals surface area contributed by atoms with E-state index in [2.05, 4.69) is 13.8 Å². The molecule has 0 spiro atoms. The van der Waals surface area contributed by atoms with Gasteiger partial charge in [0.2, 0.25) is 0 Å². The monoisotopic (exact) mass is 207 g/mol. The van der Waals surface area contributed by atoms with E-state index in [-0.39, 0.29) is 0 Å². The Morgan fingerprint density at radius 3 is 2.40 bits per heavy atom. The van der Waals surface area contributed by atoms with Crippen LogP contribution in [0.3, 0.4) is 0 Å². The van der Waals surface area contributed by atoms with E-state index in [1.54, 1.807) is 0 Å². The quantitative estimate of drug-likeness (QED) is 0.612. The van der Waals surface area contributed by atoms with Gasteiger partial charge < -0.3 is 0 Å². The molecule has 0 saturated heterocycles. The molecule has 0 heterocycles. The summed E-state index contributed by atoms with van der Waals surface area (Å²) in [6.07, 6.45) is 13.4. The molecule has 0 amide bonds. The second-order valence-electron chi connectivity index (χ2n) is 5.78. The zero-order valence-electron chi connectivity index (χ0n) is 10.6. The summed E-state index contributed by atoms with van der Waals surface area (Å²) >= 11 is 0. The Labute approximate surface area is 95.8 Å². The van der Waals surface area contributed by atoms with Crippen molar-refractivity contribution in [1.82, 2.24) is 0 Å². The van der Waals surface area contributed by atoms with Crippen LogP contribution < -0.4 is 0 Å². The lowest BCUT2D eigenvalue weighted by atomic mass is 9.67. The van der Waals surface area contributed by atoms with E-state index >= 15 is 0 Å². The number of hydrogen-bond donors (Lipinski definition) is 0. The summed E-state index contributed by atoms with van der Waals surface area (Å²) in [6.45, 7) is 4.82. The molecule has 2 fully saturated rings. The maximum atomic E-state index is 2.46. The van der Waals surface area contributed by atoms with Crippen LogP contribution in [0, 0.1) is 23.7 Å². The van der Waals surface area contributed by atoms with E-state index in [1.165, 1.54) is 57.8 Å². The van der Waals surface area contributed by atoms with Crippen molar-refractivity contribution >= 4 is 0 Å². The third kappa shape index (κ3) is 2.57. The zero-order chi connectivity index (χ0) is 10.7. The molecule has 1 radical (unpaired) electrons. The van der Waals surface area contributed by atoms with Crippen LogP contribution >= 0.6 is 0 Å².